The monoisotopic (exact) mass is 411 g/mol. The number of nitro benzene ring substituents is 1. The molecule has 1 aromatic carbocycles. The lowest BCUT2D eigenvalue weighted by Gasteiger charge is -2.35. The summed E-state index contributed by atoms with van der Waals surface area (Å²) in [6, 6.07) is 4.88. The summed E-state index contributed by atoms with van der Waals surface area (Å²) in [6.07, 6.45) is 2.99. The van der Waals surface area contributed by atoms with Gasteiger partial charge in [0, 0.05) is 29.5 Å². The molecule has 0 aromatic heterocycles. The van der Waals surface area contributed by atoms with Gasteiger partial charge in [0.15, 0.2) is 11.5 Å². The lowest BCUT2D eigenvalue weighted by atomic mass is 9.72. The average molecular weight is 411 g/mol. The number of phenols is 1. The number of phenolic OH excluding ortho intramolecular Hbond substituents is 1. The molecule has 158 valence electrons. The molecule has 8 nitrogen and oxygen atoms in total. The van der Waals surface area contributed by atoms with Crippen molar-refractivity contribution in [1.82, 2.24) is 5.32 Å². The van der Waals surface area contributed by atoms with E-state index in [1.807, 2.05) is 0 Å². The topological polar surface area (TPSA) is 125 Å². The Kier molecular flexibility index (Phi) is 6.11. The van der Waals surface area contributed by atoms with Gasteiger partial charge in [-0.3, -0.25) is 14.9 Å². The Morgan fingerprint density at radius 1 is 1.37 bits per heavy atom. The number of nitrogens with zero attached hydrogens (tertiary/aromatic N) is 2. The highest BCUT2D eigenvalue weighted by atomic mass is 16.6. The van der Waals surface area contributed by atoms with Crippen LogP contribution in [0.1, 0.15) is 57.9 Å². The lowest BCUT2D eigenvalue weighted by molar-refractivity contribution is -0.386. The molecule has 3 rings (SSSR count). The molecule has 1 heterocycles. The summed E-state index contributed by atoms with van der Waals surface area (Å²) in [7, 11) is 0. The Labute approximate surface area is 175 Å². The Morgan fingerprint density at radius 3 is 2.70 bits per heavy atom. The number of nitrogens with one attached hydrogen (secondary N) is 1. The second-order valence-electron chi connectivity index (χ2n) is 7.66. The molecule has 30 heavy (non-hydrogen) atoms. The fraction of sp³-hybridized carbons (Fsp3) is 0.455. The van der Waals surface area contributed by atoms with Gasteiger partial charge in [0.2, 0.25) is 5.75 Å². The summed E-state index contributed by atoms with van der Waals surface area (Å²) < 4.78 is 5.40. The molecule has 2 N–H and O–H groups in total. The summed E-state index contributed by atoms with van der Waals surface area (Å²) in [4.78, 5) is 23.9. The van der Waals surface area contributed by atoms with Crippen molar-refractivity contribution < 1.29 is 19.6 Å². The molecule has 0 fully saturated rings. The van der Waals surface area contributed by atoms with Crippen LogP contribution in [-0.4, -0.2) is 22.4 Å². The third kappa shape index (κ3) is 3.75. The van der Waals surface area contributed by atoms with Crippen LogP contribution in [0.4, 0.5) is 5.69 Å². The van der Waals surface area contributed by atoms with Crippen LogP contribution in [0.2, 0.25) is 0 Å². The Bertz CT molecular complexity index is 1000. The van der Waals surface area contributed by atoms with Crippen LogP contribution >= 0.6 is 0 Å². The normalized spacial score (nSPS) is 21.1. The molecule has 1 aliphatic carbocycles. The molecule has 2 aliphatic rings. The predicted octanol–water partition coefficient (Wildman–Crippen LogP) is 4.22. The largest absolute Gasteiger partial charge is 0.500 e. The van der Waals surface area contributed by atoms with Crippen LogP contribution < -0.4 is 10.1 Å². The first kappa shape index (κ1) is 21.4. The Hall–Kier alpha value is -3.34. The standard InChI is InChI=1S/C22H25N3O5/c1-4-6-13-7-16-21(18(26)8-13)20(15(11-23)12(3)24-16)14-9-17(25(28)29)22(27)19(10-14)30-5-2/h9-10,13,20,24,27H,4-8H2,1-3H3. The van der Waals surface area contributed by atoms with Crippen molar-refractivity contribution in [2.75, 3.05) is 6.61 Å². The second kappa shape index (κ2) is 8.57. The van der Waals surface area contributed by atoms with Crippen molar-refractivity contribution >= 4 is 11.5 Å². The summed E-state index contributed by atoms with van der Waals surface area (Å²) in [5, 5.41) is 34.8. The van der Waals surface area contributed by atoms with E-state index in [1.54, 1.807) is 13.8 Å². The average Bonchev–Trinajstić information content (AvgIpc) is 2.68. The molecule has 8 heteroatoms. The lowest BCUT2D eigenvalue weighted by Crippen LogP contribution is -2.34. The van der Waals surface area contributed by atoms with Gasteiger partial charge in [0.1, 0.15) is 0 Å². The summed E-state index contributed by atoms with van der Waals surface area (Å²) in [5.41, 5.74) is 2.08. The molecule has 1 aromatic rings. The second-order valence-corrected chi connectivity index (χ2v) is 7.66. The van der Waals surface area contributed by atoms with Gasteiger partial charge in [-0.1, -0.05) is 13.3 Å². The maximum atomic E-state index is 13.1. The van der Waals surface area contributed by atoms with Gasteiger partial charge >= 0.3 is 5.69 Å². The maximum Gasteiger partial charge on any atom is 0.314 e. The highest BCUT2D eigenvalue weighted by Gasteiger charge is 2.39. The number of allylic oxidation sites excluding steroid dienone is 4. The first-order chi connectivity index (χ1) is 14.3. The van der Waals surface area contributed by atoms with Gasteiger partial charge in [-0.05, 0) is 44.2 Å². The number of dihydropyridines is 1. The smallest absolute Gasteiger partial charge is 0.314 e. The number of carbonyl (C=O) groups is 1. The van der Waals surface area contributed by atoms with Gasteiger partial charge in [0.05, 0.1) is 29.1 Å². The fourth-order valence-corrected chi connectivity index (χ4v) is 4.40. The van der Waals surface area contributed by atoms with Gasteiger partial charge in [-0.15, -0.1) is 0 Å². The van der Waals surface area contributed by atoms with E-state index in [1.165, 1.54) is 12.1 Å². The first-order valence-corrected chi connectivity index (χ1v) is 10.1. The molecule has 0 bridgehead atoms. The Morgan fingerprint density at radius 2 is 2.10 bits per heavy atom. The SMILES string of the molecule is CCCC1CC(=O)C2=C(C1)NC(C)=C(C#N)C2c1cc(OCC)c(O)c([N+](=O)[O-])c1. The quantitative estimate of drug-likeness (QED) is 0.530. The van der Waals surface area contributed by atoms with E-state index in [2.05, 4.69) is 18.3 Å². The van der Waals surface area contributed by atoms with Gasteiger partial charge in [-0.2, -0.15) is 5.26 Å². The van der Waals surface area contributed by atoms with Crippen LogP contribution in [0, 0.1) is 27.4 Å². The number of hydrogen-bond donors (Lipinski definition) is 2. The Balaban J connectivity index is 2.21. The zero-order chi connectivity index (χ0) is 22.0. The maximum absolute atomic E-state index is 13.1. The number of aromatic hydroxyl groups is 1. The minimum Gasteiger partial charge on any atom is -0.500 e. The van der Waals surface area contributed by atoms with E-state index < -0.39 is 22.3 Å². The van der Waals surface area contributed by atoms with Crippen LogP contribution in [0.15, 0.2) is 34.7 Å². The molecule has 0 radical (unpaired) electrons. The number of ether oxygens (including phenoxy) is 1. The summed E-state index contributed by atoms with van der Waals surface area (Å²) in [6.45, 7) is 5.75. The van der Waals surface area contributed by atoms with E-state index >= 15 is 0 Å². The van der Waals surface area contributed by atoms with Crippen LogP contribution in [0.25, 0.3) is 0 Å². The number of ketones is 1. The summed E-state index contributed by atoms with van der Waals surface area (Å²) in [5.74, 6) is -1.16. The first-order valence-electron chi connectivity index (χ1n) is 10.1. The van der Waals surface area contributed by atoms with Crippen molar-refractivity contribution in [3.63, 3.8) is 0 Å². The zero-order valence-corrected chi connectivity index (χ0v) is 17.3. The summed E-state index contributed by atoms with van der Waals surface area (Å²) >= 11 is 0. The van der Waals surface area contributed by atoms with Crippen LogP contribution in [0.3, 0.4) is 0 Å². The molecule has 2 atom stereocenters. The van der Waals surface area contributed by atoms with Crippen molar-refractivity contribution in [1.29, 1.82) is 5.26 Å². The van der Waals surface area contributed by atoms with Crippen molar-refractivity contribution in [2.45, 2.75) is 52.4 Å². The molecule has 0 spiro atoms. The van der Waals surface area contributed by atoms with E-state index in [9.17, 15) is 25.3 Å². The number of rotatable bonds is 6. The molecule has 2 unspecified atom stereocenters. The number of nitriles is 1. The van der Waals surface area contributed by atoms with E-state index in [0.717, 1.165) is 18.5 Å². The number of nitro groups is 1. The van der Waals surface area contributed by atoms with Crippen molar-refractivity contribution in [3.05, 3.63) is 50.4 Å². The van der Waals surface area contributed by atoms with Gasteiger partial charge in [-0.25, -0.2) is 0 Å². The van der Waals surface area contributed by atoms with E-state index in [0.29, 0.717) is 35.2 Å². The molecular formula is C22H25N3O5. The highest BCUT2D eigenvalue weighted by Crippen LogP contribution is 2.47. The molecule has 1 aliphatic heterocycles. The number of carbonyl (C=O) groups excluding carboxylic acids is 1. The minimum atomic E-state index is -0.736. The van der Waals surface area contributed by atoms with Crippen molar-refractivity contribution in [2.24, 2.45) is 5.92 Å². The number of Topliss-reactive ketones (excluding diaryl/α,β-unsaturated/α-hetero) is 1. The molecule has 0 saturated carbocycles. The molecular weight excluding hydrogens is 386 g/mol. The van der Waals surface area contributed by atoms with Crippen LogP contribution in [0.5, 0.6) is 11.5 Å². The minimum absolute atomic E-state index is 0.0376. The number of benzene rings is 1. The van der Waals surface area contributed by atoms with E-state index in [-0.39, 0.29) is 24.1 Å². The molecule has 0 saturated heterocycles. The third-order valence-corrected chi connectivity index (χ3v) is 5.64. The van der Waals surface area contributed by atoms with Crippen LogP contribution in [-0.2, 0) is 4.79 Å². The van der Waals surface area contributed by atoms with Gasteiger partial charge in [0.25, 0.3) is 0 Å². The third-order valence-electron chi connectivity index (χ3n) is 5.64. The van der Waals surface area contributed by atoms with E-state index in [4.69, 9.17) is 4.74 Å². The van der Waals surface area contributed by atoms with Crippen molar-refractivity contribution in [3.8, 4) is 17.6 Å². The number of hydrogen-bond acceptors (Lipinski definition) is 7. The zero-order valence-electron chi connectivity index (χ0n) is 17.3. The fourth-order valence-electron chi connectivity index (χ4n) is 4.40. The highest BCUT2D eigenvalue weighted by molar-refractivity contribution is 6.00. The predicted molar refractivity (Wildman–Crippen MR) is 110 cm³/mol. The molecule has 0 amide bonds. The van der Waals surface area contributed by atoms with Gasteiger partial charge < -0.3 is 15.2 Å².